The highest BCUT2D eigenvalue weighted by molar-refractivity contribution is 5.36. The monoisotopic (exact) mass is 233 g/mol. The van der Waals surface area contributed by atoms with Crippen molar-refractivity contribution < 1.29 is 13.2 Å². The smallest absolute Gasteiger partial charge is 0.368 e. The lowest BCUT2D eigenvalue weighted by Gasteiger charge is -2.19. The van der Waals surface area contributed by atoms with Gasteiger partial charge in [-0.2, -0.15) is 13.2 Å². The zero-order valence-corrected chi connectivity index (χ0v) is 9.10. The summed E-state index contributed by atoms with van der Waals surface area (Å²) in [5.41, 5.74) is 4.28. The molecule has 0 fully saturated rings. The molecule has 0 radical (unpaired) electrons. The molecule has 0 spiro atoms. The van der Waals surface area contributed by atoms with Gasteiger partial charge in [0.1, 0.15) is 11.5 Å². The SMILES string of the molecule is CC(C)(N)CNc1cccc(C(F)(F)F)n1. The number of rotatable bonds is 3. The first-order valence-corrected chi connectivity index (χ1v) is 4.75. The van der Waals surface area contributed by atoms with Gasteiger partial charge in [0.25, 0.3) is 0 Å². The van der Waals surface area contributed by atoms with E-state index in [2.05, 4.69) is 10.3 Å². The summed E-state index contributed by atoms with van der Waals surface area (Å²) in [5, 5.41) is 2.76. The summed E-state index contributed by atoms with van der Waals surface area (Å²) in [6, 6.07) is 3.71. The molecule has 0 bridgehead atoms. The summed E-state index contributed by atoms with van der Waals surface area (Å²) < 4.78 is 37.0. The highest BCUT2D eigenvalue weighted by Gasteiger charge is 2.32. The lowest BCUT2D eigenvalue weighted by molar-refractivity contribution is -0.141. The highest BCUT2D eigenvalue weighted by atomic mass is 19.4. The van der Waals surface area contributed by atoms with Crippen molar-refractivity contribution in [2.24, 2.45) is 5.73 Å². The second-order valence-corrected chi connectivity index (χ2v) is 4.25. The van der Waals surface area contributed by atoms with Crippen molar-refractivity contribution in [3.8, 4) is 0 Å². The summed E-state index contributed by atoms with van der Waals surface area (Å²) in [5.74, 6) is 0.174. The maximum Gasteiger partial charge on any atom is 0.433 e. The van der Waals surface area contributed by atoms with Crippen LogP contribution in [-0.4, -0.2) is 17.1 Å². The molecule has 0 aromatic carbocycles. The van der Waals surface area contributed by atoms with Gasteiger partial charge >= 0.3 is 6.18 Å². The molecular weight excluding hydrogens is 219 g/mol. The first kappa shape index (κ1) is 12.8. The zero-order valence-electron chi connectivity index (χ0n) is 9.10. The minimum Gasteiger partial charge on any atom is -0.368 e. The van der Waals surface area contributed by atoms with Gasteiger partial charge in [-0.25, -0.2) is 4.98 Å². The molecule has 3 N–H and O–H groups in total. The first-order chi connectivity index (χ1) is 7.18. The normalized spacial score (nSPS) is 12.6. The van der Waals surface area contributed by atoms with Crippen LogP contribution in [0, 0.1) is 0 Å². The van der Waals surface area contributed by atoms with Crippen LogP contribution in [0.4, 0.5) is 19.0 Å². The minimum absolute atomic E-state index is 0.174. The van der Waals surface area contributed by atoms with Crippen LogP contribution < -0.4 is 11.1 Å². The summed E-state index contributed by atoms with van der Waals surface area (Å²) in [6.45, 7) is 3.89. The fraction of sp³-hybridized carbons (Fsp3) is 0.500. The molecule has 0 aliphatic rings. The molecule has 0 aliphatic carbocycles. The van der Waals surface area contributed by atoms with Crippen molar-refractivity contribution in [2.45, 2.75) is 25.6 Å². The second kappa shape index (κ2) is 4.29. The van der Waals surface area contributed by atoms with Gasteiger partial charge in [0.15, 0.2) is 0 Å². The standard InChI is InChI=1S/C10H14F3N3/c1-9(2,14)6-15-8-5-3-4-7(16-8)10(11,12)13/h3-5H,6,14H2,1-2H3,(H,15,16). The van der Waals surface area contributed by atoms with Crippen molar-refractivity contribution in [1.82, 2.24) is 4.98 Å². The molecule has 0 saturated carbocycles. The van der Waals surface area contributed by atoms with Crippen molar-refractivity contribution in [2.75, 3.05) is 11.9 Å². The number of pyridine rings is 1. The fourth-order valence-corrected chi connectivity index (χ4v) is 1.01. The molecular formula is C10H14F3N3. The van der Waals surface area contributed by atoms with Gasteiger partial charge in [-0.1, -0.05) is 6.07 Å². The summed E-state index contributed by atoms with van der Waals surface area (Å²) in [4.78, 5) is 3.46. The molecule has 1 aromatic heterocycles. The Morgan fingerprint density at radius 2 is 1.94 bits per heavy atom. The molecule has 0 atom stereocenters. The van der Waals surface area contributed by atoms with Gasteiger partial charge in [0, 0.05) is 12.1 Å². The number of nitrogens with one attached hydrogen (secondary N) is 1. The molecule has 1 rings (SSSR count). The molecule has 1 aromatic rings. The number of nitrogens with two attached hydrogens (primary N) is 1. The van der Waals surface area contributed by atoms with Crippen LogP contribution in [-0.2, 0) is 6.18 Å². The number of hydrogen-bond donors (Lipinski definition) is 2. The van der Waals surface area contributed by atoms with Gasteiger partial charge in [0.05, 0.1) is 0 Å². The Labute approximate surface area is 91.9 Å². The Morgan fingerprint density at radius 3 is 2.44 bits per heavy atom. The number of aromatic nitrogens is 1. The summed E-state index contributed by atoms with van der Waals surface area (Å²) in [6.07, 6.45) is -4.42. The average Bonchev–Trinajstić information content (AvgIpc) is 2.13. The maximum atomic E-state index is 12.3. The predicted molar refractivity (Wildman–Crippen MR) is 56.0 cm³/mol. The van der Waals surface area contributed by atoms with Gasteiger partial charge in [-0.15, -0.1) is 0 Å². The van der Waals surface area contributed by atoms with Crippen molar-refractivity contribution >= 4 is 5.82 Å². The number of alkyl halides is 3. The quantitative estimate of drug-likeness (QED) is 0.841. The molecule has 3 nitrogen and oxygen atoms in total. The van der Waals surface area contributed by atoms with Gasteiger partial charge in [0.2, 0.25) is 0 Å². The molecule has 0 amide bonds. The number of nitrogens with zero attached hydrogens (tertiary/aromatic N) is 1. The molecule has 90 valence electrons. The third-order valence-corrected chi connectivity index (χ3v) is 1.76. The van der Waals surface area contributed by atoms with E-state index in [4.69, 9.17) is 5.73 Å². The second-order valence-electron chi connectivity index (χ2n) is 4.25. The van der Waals surface area contributed by atoms with E-state index in [1.165, 1.54) is 12.1 Å². The minimum atomic E-state index is -4.42. The van der Waals surface area contributed by atoms with Crippen molar-refractivity contribution in [1.29, 1.82) is 0 Å². The lowest BCUT2D eigenvalue weighted by atomic mass is 10.1. The van der Waals surface area contributed by atoms with Crippen molar-refractivity contribution in [3.63, 3.8) is 0 Å². The molecule has 0 unspecified atom stereocenters. The van der Waals surface area contributed by atoms with E-state index in [1.54, 1.807) is 13.8 Å². The molecule has 16 heavy (non-hydrogen) atoms. The van der Waals surface area contributed by atoms with Gasteiger partial charge in [-0.05, 0) is 26.0 Å². The molecule has 6 heteroatoms. The Bertz CT molecular complexity index is 355. The predicted octanol–water partition coefficient (Wildman–Crippen LogP) is 2.25. The first-order valence-electron chi connectivity index (χ1n) is 4.75. The van der Waals surface area contributed by atoms with Gasteiger partial charge in [-0.3, -0.25) is 0 Å². The zero-order chi connectivity index (χ0) is 12.4. The number of hydrogen-bond acceptors (Lipinski definition) is 3. The van der Waals surface area contributed by atoms with Crippen molar-refractivity contribution in [3.05, 3.63) is 23.9 Å². The third-order valence-electron chi connectivity index (χ3n) is 1.76. The van der Waals surface area contributed by atoms with E-state index in [-0.39, 0.29) is 5.82 Å². The lowest BCUT2D eigenvalue weighted by Crippen LogP contribution is -2.39. The topological polar surface area (TPSA) is 50.9 Å². The third kappa shape index (κ3) is 4.06. The summed E-state index contributed by atoms with van der Waals surface area (Å²) in [7, 11) is 0. The van der Waals surface area contributed by atoms with Crippen LogP contribution >= 0.6 is 0 Å². The van der Waals surface area contributed by atoms with E-state index in [1.807, 2.05) is 0 Å². The van der Waals surface area contributed by atoms with E-state index in [0.717, 1.165) is 6.07 Å². The van der Waals surface area contributed by atoms with Crippen LogP contribution in [0.5, 0.6) is 0 Å². The average molecular weight is 233 g/mol. The number of anilines is 1. The van der Waals surface area contributed by atoms with Crippen LogP contribution in [0.2, 0.25) is 0 Å². The summed E-state index contributed by atoms with van der Waals surface area (Å²) >= 11 is 0. The Balaban J connectivity index is 2.76. The Kier molecular flexibility index (Phi) is 3.42. The van der Waals surface area contributed by atoms with Crippen LogP contribution in [0.3, 0.4) is 0 Å². The molecule has 1 heterocycles. The Hall–Kier alpha value is -1.30. The largest absolute Gasteiger partial charge is 0.433 e. The van der Waals surface area contributed by atoms with Gasteiger partial charge < -0.3 is 11.1 Å². The van der Waals surface area contributed by atoms with Crippen LogP contribution in [0.15, 0.2) is 18.2 Å². The molecule has 0 saturated heterocycles. The fourth-order valence-electron chi connectivity index (χ4n) is 1.01. The Morgan fingerprint density at radius 1 is 1.31 bits per heavy atom. The van der Waals surface area contributed by atoms with E-state index >= 15 is 0 Å². The van der Waals surface area contributed by atoms with Crippen LogP contribution in [0.25, 0.3) is 0 Å². The van der Waals surface area contributed by atoms with Crippen LogP contribution in [0.1, 0.15) is 19.5 Å². The highest BCUT2D eigenvalue weighted by Crippen LogP contribution is 2.28. The maximum absolute atomic E-state index is 12.3. The molecule has 0 aliphatic heterocycles. The van der Waals surface area contributed by atoms with E-state index < -0.39 is 17.4 Å². The van der Waals surface area contributed by atoms with E-state index in [9.17, 15) is 13.2 Å². The van der Waals surface area contributed by atoms with E-state index in [0.29, 0.717) is 6.54 Å². The number of halogens is 3.